The van der Waals surface area contributed by atoms with Gasteiger partial charge < -0.3 is 10.6 Å². The van der Waals surface area contributed by atoms with E-state index in [-0.39, 0.29) is 11.0 Å². The first-order chi connectivity index (χ1) is 8.28. The molecule has 0 saturated carbocycles. The third-order valence-corrected chi connectivity index (χ3v) is 5.36. The van der Waals surface area contributed by atoms with Crippen LogP contribution in [0.15, 0.2) is 0 Å². The predicted molar refractivity (Wildman–Crippen MR) is 80.2 cm³/mol. The largest absolute Gasteiger partial charge is 0.392 e. The molecule has 0 radical (unpaired) electrons. The minimum absolute atomic E-state index is 0.0278. The second-order valence-corrected chi connectivity index (χ2v) is 6.72. The van der Waals surface area contributed by atoms with Crippen LogP contribution in [0.5, 0.6) is 0 Å². The molecule has 108 valence electrons. The Bertz CT molecular complexity index is 353. The summed E-state index contributed by atoms with van der Waals surface area (Å²) in [6.07, 6.45) is 0.392. The van der Waals surface area contributed by atoms with Crippen LogP contribution in [-0.2, 0) is 10.0 Å². The molecule has 0 amide bonds. The summed E-state index contributed by atoms with van der Waals surface area (Å²) in [5, 5.41) is -0.786. The van der Waals surface area contributed by atoms with Gasteiger partial charge in [-0.1, -0.05) is 33.0 Å². The molecule has 3 N–H and O–H groups in total. The van der Waals surface area contributed by atoms with Crippen molar-refractivity contribution in [2.75, 3.05) is 19.6 Å². The van der Waals surface area contributed by atoms with Crippen molar-refractivity contribution in [3.63, 3.8) is 0 Å². The van der Waals surface area contributed by atoms with E-state index in [1.54, 1.807) is 6.92 Å². The highest BCUT2D eigenvalue weighted by atomic mass is 32.2. The van der Waals surface area contributed by atoms with Gasteiger partial charge in [0.15, 0.2) is 0 Å². The lowest BCUT2D eigenvalue weighted by molar-refractivity contribution is 0.282. The molecule has 0 aliphatic rings. The zero-order valence-corrected chi connectivity index (χ0v) is 13.3. The third-order valence-electron chi connectivity index (χ3n) is 2.85. The summed E-state index contributed by atoms with van der Waals surface area (Å²) in [5.74, 6) is 0. The maximum absolute atomic E-state index is 12.1. The molecule has 0 aliphatic heterocycles. The number of thiocarbonyl (C=S) groups is 1. The normalized spacial score (nSPS) is 15.6. The molecule has 0 saturated heterocycles. The van der Waals surface area contributed by atoms with Crippen LogP contribution in [0.3, 0.4) is 0 Å². The lowest BCUT2D eigenvalue weighted by Crippen LogP contribution is -2.48. The summed E-state index contributed by atoms with van der Waals surface area (Å²) in [7, 11) is -3.48. The zero-order valence-electron chi connectivity index (χ0n) is 11.6. The highest BCUT2D eigenvalue weighted by Crippen LogP contribution is 2.06. The lowest BCUT2D eigenvalue weighted by Gasteiger charge is -2.25. The standard InChI is InChI=1S/C11H25N3O2S2/c1-5-10(11(12)17)18(15,16)13-9(4)8-14(6-2)7-3/h9-10,13H,5-8H2,1-4H3,(H2,12,17). The van der Waals surface area contributed by atoms with Crippen LogP contribution in [-0.4, -0.2) is 49.2 Å². The predicted octanol–water partition coefficient (Wildman–Crippen LogP) is 0.701. The molecule has 2 atom stereocenters. The molecular weight excluding hydrogens is 270 g/mol. The van der Waals surface area contributed by atoms with E-state index in [1.807, 2.05) is 6.92 Å². The van der Waals surface area contributed by atoms with Gasteiger partial charge in [0, 0.05) is 12.6 Å². The van der Waals surface area contributed by atoms with E-state index >= 15 is 0 Å². The van der Waals surface area contributed by atoms with Gasteiger partial charge in [-0.05, 0) is 26.4 Å². The number of nitrogens with one attached hydrogen (secondary N) is 1. The van der Waals surface area contributed by atoms with Gasteiger partial charge in [0.1, 0.15) is 5.25 Å². The van der Waals surface area contributed by atoms with Gasteiger partial charge >= 0.3 is 0 Å². The Morgan fingerprint density at radius 2 is 1.83 bits per heavy atom. The first-order valence-corrected chi connectivity index (χ1v) is 8.26. The third kappa shape index (κ3) is 5.60. The zero-order chi connectivity index (χ0) is 14.3. The topological polar surface area (TPSA) is 75.4 Å². The van der Waals surface area contributed by atoms with Gasteiger partial charge in [0.2, 0.25) is 10.0 Å². The minimum Gasteiger partial charge on any atom is -0.392 e. The maximum Gasteiger partial charge on any atom is 0.221 e. The van der Waals surface area contributed by atoms with Gasteiger partial charge in [-0.3, -0.25) is 0 Å². The SMILES string of the molecule is CCC(C(N)=S)S(=O)(=O)NC(C)CN(CC)CC. The van der Waals surface area contributed by atoms with Crippen LogP contribution in [0, 0.1) is 0 Å². The molecule has 0 heterocycles. The molecule has 2 unspecified atom stereocenters. The summed E-state index contributed by atoms with van der Waals surface area (Å²) >= 11 is 4.80. The summed E-state index contributed by atoms with van der Waals surface area (Å²) in [6, 6.07) is -0.154. The number of likely N-dealkylation sites (N-methyl/N-ethyl adjacent to an activating group) is 1. The van der Waals surface area contributed by atoms with E-state index in [0.717, 1.165) is 13.1 Å². The number of nitrogens with zero attached hydrogens (tertiary/aromatic N) is 1. The molecule has 0 spiro atoms. The first-order valence-electron chi connectivity index (χ1n) is 6.31. The van der Waals surface area contributed by atoms with Crippen molar-refractivity contribution >= 4 is 27.2 Å². The van der Waals surface area contributed by atoms with Gasteiger partial charge in [-0.25, -0.2) is 13.1 Å². The average molecular weight is 295 g/mol. The summed E-state index contributed by atoms with van der Waals surface area (Å²) < 4.78 is 26.8. The maximum atomic E-state index is 12.1. The van der Waals surface area contributed by atoms with E-state index in [9.17, 15) is 8.42 Å². The molecule has 7 heteroatoms. The van der Waals surface area contributed by atoms with Crippen LogP contribution in [0.25, 0.3) is 0 Å². The molecule has 0 aromatic carbocycles. The van der Waals surface area contributed by atoms with Crippen molar-refractivity contribution in [1.29, 1.82) is 0 Å². The molecular formula is C11H25N3O2S2. The number of sulfonamides is 1. The first kappa shape index (κ1) is 17.8. The van der Waals surface area contributed by atoms with Gasteiger partial charge in [-0.2, -0.15) is 0 Å². The summed E-state index contributed by atoms with van der Waals surface area (Å²) in [5.41, 5.74) is 5.46. The van der Waals surface area contributed by atoms with Gasteiger partial charge in [-0.15, -0.1) is 0 Å². The molecule has 5 nitrogen and oxygen atoms in total. The van der Waals surface area contributed by atoms with E-state index < -0.39 is 15.3 Å². The second kappa shape index (κ2) is 8.04. The smallest absolute Gasteiger partial charge is 0.221 e. The van der Waals surface area contributed by atoms with Gasteiger partial charge in [0.05, 0.1) is 4.99 Å². The van der Waals surface area contributed by atoms with Crippen LogP contribution < -0.4 is 10.5 Å². The lowest BCUT2D eigenvalue weighted by atomic mass is 10.3. The molecule has 0 aromatic heterocycles. The molecule has 18 heavy (non-hydrogen) atoms. The van der Waals surface area contributed by atoms with E-state index in [1.165, 1.54) is 0 Å². The van der Waals surface area contributed by atoms with Crippen molar-refractivity contribution in [3.05, 3.63) is 0 Å². The van der Waals surface area contributed by atoms with E-state index in [4.69, 9.17) is 18.0 Å². The van der Waals surface area contributed by atoms with E-state index in [0.29, 0.717) is 13.0 Å². The molecule has 0 rings (SSSR count). The Labute approximate surface area is 116 Å². The molecule has 0 aromatic rings. The minimum atomic E-state index is -3.48. The average Bonchev–Trinajstić information content (AvgIpc) is 2.24. The van der Waals surface area contributed by atoms with Crippen molar-refractivity contribution in [3.8, 4) is 0 Å². The summed E-state index contributed by atoms with van der Waals surface area (Å²) in [4.78, 5) is 2.19. The van der Waals surface area contributed by atoms with Crippen molar-refractivity contribution in [1.82, 2.24) is 9.62 Å². The monoisotopic (exact) mass is 295 g/mol. The molecule has 0 bridgehead atoms. The van der Waals surface area contributed by atoms with Gasteiger partial charge in [0.25, 0.3) is 0 Å². The van der Waals surface area contributed by atoms with Crippen molar-refractivity contribution in [2.45, 2.75) is 45.4 Å². The fourth-order valence-corrected chi connectivity index (χ4v) is 3.93. The Hall–Kier alpha value is -0.240. The molecule has 0 aliphatic carbocycles. The van der Waals surface area contributed by atoms with Crippen LogP contribution in [0.2, 0.25) is 0 Å². The Morgan fingerprint density at radius 3 is 2.17 bits per heavy atom. The number of rotatable bonds is 9. The summed E-state index contributed by atoms with van der Waals surface area (Å²) in [6.45, 7) is 10.2. The number of hydrogen-bond donors (Lipinski definition) is 2. The highest BCUT2D eigenvalue weighted by Gasteiger charge is 2.27. The second-order valence-electron chi connectivity index (χ2n) is 4.35. The van der Waals surface area contributed by atoms with E-state index in [2.05, 4.69) is 23.5 Å². The quantitative estimate of drug-likeness (QED) is 0.613. The molecule has 0 fully saturated rings. The number of hydrogen-bond acceptors (Lipinski definition) is 4. The Balaban J connectivity index is 4.62. The Morgan fingerprint density at radius 1 is 1.33 bits per heavy atom. The van der Waals surface area contributed by atoms with Crippen molar-refractivity contribution < 1.29 is 8.42 Å². The van der Waals surface area contributed by atoms with Crippen LogP contribution >= 0.6 is 12.2 Å². The fraction of sp³-hybridized carbons (Fsp3) is 0.909. The van der Waals surface area contributed by atoms with Crippen LogP contribution in [0.1, 0.15) is 34.1 Å². The van der Waals surface area contributed by atoms with Crippen LogP contribution in [0.4, 0.5) is 0 Å². The highest BCUT2D eigenvalue weighted by molar-refractivity contribution is 7.93. The van der Waals surface area contributed by atoms with Crippen molar-refractivity contribution in [2.24, 2.45) is 5.73 Å². The fourth-order valence-electron chi connectivity index (χ4n) is 1.84. The Kier molecular flexibility index (Phi) is 7.93. The number of nitrogens with two attached hydrogens (primary N) is 1.